The molecule has 82 valence electrons. The predicted molar refractivity (Wildman–Crippen MR) is 63.9 cm³/mol. The van der Waals surface area contributed by atoms with Gasteiger partial charge in [0, 0.05) is 5.56 Å². The third-order valence-electron chi connectivity index (χ3n) is 1.98. The second-order valence-electron chi connectivity index (χ2n) is 3.06. The predicted octanol–water partition coefficient (Wildman–Crippen LogP) is 4.17. The normalized spacial score (nSPS) is 10.4. The van der Waals surface area contributed by atoms with Crippen LogP contribution in [-0.4, -0.2) is 5.78 Å². The third-order valence-corrected chi connectivity index (χ3v) is 3.01. The topological polar surface area (TPSA) is 30.2 Å². The van der Waals surface area contributed by atoms with Crippen LogP contribution in [0.25, 0.3) is 0 Å². The lowest BCUT2D eigenvalue weighted by molar-refractivity contribution is 0.101. The summed E-state index contributed by atoms with van der Waals surface area (Å²) < 4.78 is 18.8. The van der Waals surface area contributed by atoms with E-state index in [-0.39, 0.29) is 16.0 Å². The summed E-state index contributed by atoms with van der Waals surface area (Å²) in [6.07, 6.45) is 0. The van der Waals surface area contributed by atoms with E-state index >= 15 is 0 Å². The van der Waals surface area contributed by atoms with Crippen LogP contribution in [0.2, 0.25) is 0 Å². The smallest absolute Gasteiger partial charge is 0.228 e. The van der Waals surface area contributed by atoms with Gasteiger partial charge in [-0.3, -0.25) is 4.79 Å². The molecule has 0 radical (unpaired) electrons. The number of hydrogen-bond donors (Lipinski definition) is 0. The second-order valence-corrected chi connectivity index (χ2v) is 4.70. The van der Waals surface area contributed by atoms with E-state index in [4.69, 9.17) is 4.42 Å². The van der Waals surface area contributed by atoms with Crippen molar-refractivity contribution in [1.82, 2.24) is 0 Å². The Morgan fingerprint density at radius 3 is 2.50 bits per heavy atom. The molecule has 1 aromatic heterocycles. The number of carbonyl (C=O) groups excluding carboxylic acids is 1. The van der Waals surface area contributed by atoms with E-state index in [1.807, 2.05) is 0 Å². The summed E-state index contributed by atoms with van der Waals surface area (Å²) in [6, 6.07) is 7.26. The highest BCUT2D eigenvalue weighted by atomic mass is 79.9. The van der Waals surface area contributed by atoms with Crippen molar-refractivity contribution < 1.29 is 13.6 Å². The minimum absolute atomic E-state index is 0.213. The van der Waals surface area contributed by atoms with Gasteiger partial charge < -0.3 is 4.42 Å². The fourth-order valence-corrected chi connectivity index (χ4v) is 1.90. The summed E-state index contributed by atoms with van der Waals surface area (Å²) in [5.74, 6) is -0.478. The maximum absolute atomic E-state index is 13.0. The molecule has 2 aromatic rings. The fourth-order valence-electron chi connectivity index (χ4n) is 1.22. The van der Waals surface area contributed by atoms with Crippen molar-refractivity contribution in [2.75, 3.05) is 0 Å². The van der Waals surface area contributed by atoms with Gasteiger partial charge in [-0.05, 0) is 62.2 Å². The number of furan rings is 1. The van der Waals surface area contributed by atoms with Crippen molar-refractivity contribution in [2.45, 2.75) is 0 Å². The van der Waals surface area contributed by atoms with Crippen LogP contribution in [-0.2, 0) is 0 Å². The Morgan fingerprint density at radius 2 is 1.94 bits per heavy atom. The van der Waals surface area contributed by atoms with Crippen LogP contribution in [0, 0.1) is 5.82 Å². The zero-order valence-electron chi connectivity index (χ0n) is 7.84. The molecule has 2 nitrogen and oxygen atoms in total. The van der Waals surface area contributed by atoms with Crippen molar-refractivity contribution in [3.63, 3.8) is 0 Å². The van der Waals surface area contributed by atoms with Crippen LogP contribution >= 0.6 is 31.9 Å². The van der Waals surface area contributed by atoms with Gasteiger partial charge in [0.05, 0.1) is 4.47 Å². The van der Waals surface area contributed by atoms with E-state index in [0.29, 0.717) is 10.2 Å². The number of carbonyl (C=O) groups is 1. The van der Waals surface area contributed by atoms with Crippen LogP contribution in [0.3, 0.4) is 0 Å². The summed E-state index contributed by atoms with van der Waals surface area (Å²) >= 11 is 6.14. The molecular weight excluding hydrogens is 343 g/mol. The zero-order valence-corrected chi connectivity index (χ0v) is 11.0. The molecule has 0 saturated carbocycles. The Balaban J connectivity index is 2.38. The molecule has 0 amide bonds. The highest BCUT2D eigenvalue weighted by Crippen LogP contribution is 2.21. The largest absolute Gasteiger partial charge is 0.446 e. The van der Waals surface area contributed by atoms with E-state index in [1.165, 1.54) is 18.2 Å². The van der Waals surface area contributed by atoms with E-state index in [0.717, 1.165) is 0 Å². The first-order chi connectivity index (χ1) is 7.58. The van der Waals surface area contributed by atoms with Gasteiger partial charge in [0.1, 0.15) is 5.82 Å². The van der Waals surface area contributed by atoms with Gasteiger partial charge in [-0.25, -0.2) is 4.39 Å². The Hall–Kier alpha value is -0.940. The lowest BCUT2D eigenvalue weighted by Crippen LogP contribution is -1.99. The Morgan fingerprint density at radius 1 is 1.19 bits per heavy atom. The van der Waals surface area contributed by atoms with E-state index in [2.05, 4.69) is 31.9 Å². The van der Waals surface area contributed by atoms with Crippen molar-refractivity contribution >= 4 is 37.6 Å². The second kappa shape index (κ2) is 4.51. The van der Waals surface area contributed by atoms with E-state index < -0.39 is 5.82 Å². The molecule has 1 heterocycles. The highest BCUT2D eigenvalue weighted by Gasteiger charge is 2.14. The van der Waals surface area contributed by atoms with Gasteiger partial charge in [-0.2, -0.15) is 0 Å². The molecule has 0 fully saturated rings. The van der Waals surface area contributed by atoms with Crippen LogP contribution in [0.15, 0.2) is 43.9 Å². The van der Waals surface area contributed by atoms with Crippen molar-refractivity contribution in [2.24, 2.45) is 0 Å². The van der Waals surface area contributed by atoms with Crippen LogP contribution in [0.5, 0.6) is 0 Å². The minimum Gasteiger partial charge on any atom is -0.446 e. The van der Waals surface area contributed by atoms with Crippen molar-refractivity contribution in [1.29, 1.82) is 0 Å². The molecule has 0 aliphatic heterocycles. The average Bonchev–Trinajstić information content (AvgIpc) is 2.68. The van der Waals surface area contributed by atoms with Gasteiger partial charge in [-0.15, -0.1) is 0 Å². The summed E-state index contributed by atoms with van der Waals surface area (Å²) in [6.45, 7) is 0. The molecule has 0 unspecified atom stereocenters. The zero-order chi connectivity index (χ0) is 11.7. The fraction of sp³-hybridized carbons (Fsp3) is 0. The maximum Gasteiger partial charge on any atom is 0.228 e. The molecule has 5 heteroatoms. The monoisotopic (exact) mass is 346 g/mol. The average molecular weight is 348 g/mol. The van der Waals surface area contributed by atoms with E-state index in [1.54, 1.807) is 12.1 Å². The molecule has 0 N–H and O–H groups in total. The first-order valence-electron chi connectivity index (χ1n) is 4.33. The maximum atomic E-state index is 13.0. The molecule has 2 rings (SSSR count). The standard InChI is InChI=1S/C11H5Br2FO2/c12-7-5-6(1-2-8(7)14)11(15)9-3-4-10(13)16-9/h1-5H. The van der Waals surface area contributed by atoms with Crippen molar-refractivity contribution in [3.05, 3.63) is 56.6 Å². The van der Waals surface area contributed by atoms with Gasteiger partial charge >= 0.3 is 0 Å². The van der Waals surface area contributed by atoms with Gasteiger partial charge in [0.25, 0.3) is 0 Å². The highest BCUT2D eigenvalue weighted by molar-refractivity contribution is 9.10. The van der Waals surface area contributed by atoms with Gasteiger partial charge in [0.2, 0.25) is 5.78 Å². The molecule has 1 aromatic carbocycles. The first-order valence-corrected chi connectivity index (χ1v) is 5.91. The lowest BCUT2D eigenvalue weighted by atomic mass is 10.1. The Bertz CT molecular complexity index is 549. The number of rotatable bonds is 2. The molecule has 0 aliphatic rings. The third kappa shape index (κ3) is 2.25. The summed E-state index contributed by atoms with van der Waals surface area (Å²) in [4.78, 5) is 11.9. The van der Waals surface area contributed by atoms with Gasteiger partial charge in [-0.1, -0.05) is 0 Å². The number of benzene rings is 1. The SMILES string of the molecule is O=C(c1ccc(F)c(Br)c1)c1ccc(Br)o1. The molecule has 0 saturated heterocycles. The first kappa shape index (κ1) is 11.5. The minimum atomic E-state index is -0.405. The number of ketones is 1. The Kier molecular flexibility index (Phi) is 3.25. The van der Waals surface area contributed by atoms with Crippen LogP contribution < -0.4 is 0 Å². The molecule has 16 heavy (non-hydrogen) atoms. The van der Waals surface area contributed by atoms with Crippen molar-refractivity contribution in [3.8, 4) is 0 Å². The summed E-state index contributed by atoms with van der Waals surface area (Å²) in [5, 5.41) is 0. The number of halogens is 3. The van der Waals surface area contributed by atoms with Crippen LogP contribution in [0.1, 0.15) is 16.1 Å². The number of hydrogen-bond acceptors (Lipinski definition) is 2. The summed E-state index contributed by atoms with van der Waals surface area (Å²) in [7, 11) is 0. The molecule has 0 atom stereocenters. The Labute approximate surface area is 108 Å². The summed E-state index contributed by atoms with van der Waals surface area (Å²) in [5.41, 5.74) is 0.370. The molecule has 0 bridgehead atoms. The van der Waals surface area contributed by atoms with Gasteiger partial charge in [0.15, 0.2) is 10.4 Å². The van der Waals surface area contributed by atoms with E-state index in [9.17, 15) is 9.18 Å². The molecule has 0 spiro atoms. The quantitative estimate of drug-likeness (QED) is 0.763. The molecular formula is C11H5Br2FO2. The lowest BCUT2D eigenvalue weighted by Gasteiger charge is -1.99. The molecule has 0 aliphatic carbocycles. The van der Waals surface area contributed by atoms with Crippen LogP contribution in [0.4, 0.5) is 4.39 Å².